The maximum absolute atomic E-state index is 12.8. The summed E-state index contributed by atoms with van der Waals surface area (Å²) in [5.74, 6) is -1.40. The molecule has 102 valence electrons. The van der Waals surface area contributed by atoms with Crippen molar-refractivity contribution < 1.29 is 19.0 Å². The number of aromatic nitrogens is 2. The van der Waals surface area contributed by atoms with Crippen LogP contribution >= 0.6 is 0 Å². The topological polar surface area (TPSA) is 64.3 Å². The number of aromatic carboxylic acids is 1. The molecule has 0 aliphatic rings. The molecule has 0 atom stereocenters. The zero-order chi connectivity index (χ0) is 14.4. The van der Waals surface area contributed by atoms with Crippen molar-refractivity contribution >= 4 is 5.97 Å². The van der Waals surface area contributed by atoms with E-state index in [-0.39, 0.29) is 17.3 Å². The molecule has 0 amide bonds. The fourth-order valence-corrected chi connectivity index (χ4v) is 1.45. The molecule has 0 radical (unpaired) electrons. The summed E-state index contributed by atoms with van der Waals surface area (Å²) in [4.78, 5) is 10.9. The van der Waals surface area contributed by atoms with Crippen LogP contribution in [0.1, 0.15) is 24.2 Å². The smallest absolute Gasteiger partial charge is 0.342 e. The number of benzene rings is 1. The predicted octanol–water partition coefficient (Wildman–Crippen LogP) is 2.74. The lowest BCUT2D eigenvalue weighted by Crippen LogP contribution is -2.03. The predicted molar refractivity (Wildman–Crippen MR) is 68.4 cm³/mol. The van der Waals surface area contributed by atoms with Gasteiger partial charge in [0.15, 0.2) is 0 Å². The Labute approximate surface area is 110 Å². The van der Waals surface area contributed by atoms with E-state index in [0.717, 1.165) is 0 Å². The van der Waals surface area contributed by atoms with Crippen LogP contribution < -0.4 is 4.74 Å². The molecule has 1 aromatic heterocycles. The molecule has 0 bridgehead atoms. The van der Waals surface area contributed by atoms with E-state index < -0.39 is 5.97 Å². The van der Waals surface area contributed by atoms with Crippen LogP contribution in [0.5, 0.6) is 5.88 Å². The lowest BCUT2D eigenvalue weighted by molar-refractivity contribution is 0.0693. The Morgan fingerprint density at radius 3 is 2.37 bits per heavy atom. The molecule has 0 aliphatic heterocycles. The van der Waals surface area contributed by atoms with E-state index in [1.807, 2.05) is 13.8 Å². The van der Waals surface area contributed by atoms with Crippen LogP contribution in [0.2, 0.25) is 0 Å². The summed E-state index contributed by atoms with van der Waals surface area (Å²) in [7, 11) is 1.35. The standard InChI is InChI=1S/C11H9FN2O3.C2H6/c1-17-10-9(11(15)16)6-13-14(10)8-4-2-7(12)3-5-8;1-2/h2-6H,1H3,(H,15,16);1-2H3. The summed E-state index contributed by atoms with van der Waals surface area (Å²) in [5.41, 5.74) is 0.479. The van der Waals surface area contributed by atoms with Crippen molar-refractivity contribution in [1.82, 2.24) is 9.78 Å². The highest BCUT2D eigenvalue weighted by molar-refractivity contribution is 5.90. The molecule has 0 unspecified atom stereocenters. The van der Waals surface area contributed by atoms with Crippen molar-refractivity contribution in [3.05, 3.63) is 41.8 Å². The van der Waals surface area contributed by atoms with E-state index in [2.05, 4.69) is 5.10 Å². The number of methoxy groups -OCH3 is 1. The number of hydrogen-bond acceptors (Lipinski definition) is 3. The number of nitrogens with zero attached hydrogens (tertiary/aromatic N) is 2. The van der Waals surface area contributed by atoms with Gasteiger partial charge in [-0.25, -0.2) is 13.9 Å². The van der Waals surface area contributed by atoms with Gasteiger partial charge in [-0.3, -0.25) is 0 Å². The SMILES string of the molecule is CC.COc1c(C(=O)O)cnn1-c1ccc(F)cc1. The Bertz CT molecular complexity index is 550. The second kappa shape index (κ2) is 6.53. The van der Waals surface area contributed by atoms with Gasteiger partial charge in [0.1, 0.15) is 11.4 Å². The lowest BCUT2D eigenvalue weighted by Gasteiger charge is -2.06. The molecule has 1 heterocycles. The highest BCUT2D eigenvalue weighted by atomic mass is 19.1. The Morgan fingerprint density at radius 1 is 1.32 bits per heavy atom. The van der Waals surface area contributed by atoms with E-state index in [0.29, 0.717) is 5.69 Å². The van der Waals surface area contributed by atoms with Gasteiger partial charge in [0, 0.05) is 0 Å². The Morgan fingerprint density at radius 2 is 1.89 bits per heavy atom. The van der Waals surface area contributed by atoms with E-state index in [1.54, 1.807) is 0 Å². The highest BCUT2D eigenvalue weighted by Gasteiger charge is 2.18. The van der Waals surface area contributed by atoms with Crippen LogP contribution in [0.15, 0.2) is 30.5 Å². The minimum atomic E-state index is -1.13. The summed E-state index contributed by atoms with van der Waals surface area (Å²) in [6.07, 6.45) is 1.19. The molecule has 6 heteroatoms. The lowest BCUT2D eigenvalue weighted by atomic mass is 10.3. The largest absolute Gasteiger partial charge is 0.480 e. The van der Waals surface area contributed by atoms with Gasteiger partial charge >= 0.3 is 5.97 Å². The van der Waals surface area contributed by atoms with E-state index in [4.69, 9.17) is 9.84 Å². The molecule has 2 rings (SSSR count). The van der Waals surface area contributed by atoms with Gasteiger partial charge in [-0.05, 0) is 24.3 Å². The molecule has 0 saturated carbocycles. The average molecular weight is 266 g/mol. The maximum atomic E-state index is 12.8. The second-order valence-corrected chi connectivity index (χ2v) is 3.26. The summed E-state index contributed by atoms with van der Waals surface area (Å²) in [6.45, 7) is 4.00. The molecule has 1 N–H and O–H groups in total. The van der Waals surface area contributed by atoms with E-state index >= 15 is 0 Å². The first-order valence-electron chi connectivity index (χ1n) is 5.74. The summed E-state index contributed by atoms with van der Waals surface area (Å²) in [5, 5.41) is 12.8. The molecule has 19 heavy (non-hydrogen) atoms. The molecule has 0 fully saturated rings. The Balaban J connectivity index is 0.000000861. The van der Waals surface area contributed by atoms with Gasteiger partial charge in [0.05, 0.1) is 19.0 Å². The zero-order valence-corrected chi connectivity index (χ0v) is 10.9. The molecular weight excluding hydrogens is 251 g/mol. The summed E-state index contributed by atoms with van der Waals surface area (Å²) >= 11 is 0. The maximum Gasteiger partial charge on any atom is 0.342 e. The first-order chi connectivity index (χ1) is 9.13. The first-order valence-corrected chi connectivity index (χ1v) is 5.74. The van der Waals surface area contributed by atoms with Crippen LogP contribution in [0.25, 0.3) is 5.69 Å². The van der Waals surface area contributed by atoms with Gasteiger partial charge in [0.25, 0.3) is 0 Å². The van der Waals surface area contributed by atoms with Gasteiger partial charge in [-0.15, -0.1) is 0 Å². The molecule has 0 spiro atoms. The molecule has 0 saturated heterocycles. The second-order valence-electron chi connectivity index (χ2n) is 3.26. The van der Waals surface area contributed by atoms with Crippen molar-refractivity contribution in [2.45, 2.75) is 13.8 Å². The quantitative estimate of drug-likeness (QED) is 0.927. The fourth-order valence-electron chi connectivity index (χ4n) is 1.45. The molecule has 0 aliphatic carbocycles. The van der Waals surface area contributed by atoms with Gasteiger partial charge in [-0.1, -0.05) is 13.8 Å². The Kier molecular flexibility index (Phi) is 5.05. The minimum Gasteiger partial charge on any atom is -0.480 e. The van der Waals surface area contributed by atoms with Crippen LogP contribution in [0, 0.1) is 5.82 Å². The number of ether oxygens (including phenoxy) is 1. The van der Waals surface area contributed by atoms with Gasteiger partial charge in [0.2, 0.25) is 5.88 Å². The molecular formula is C13H15FN2O3. The molecule has 5 nitrogen and oxygen atoms in total. The summed E-state index contributed by atoms with van der Waals surface area (Å²) in [6, 6.07) is 5.49. The summed E-state index contributed by atoms with van der Waals surface area (Å²) < 4.78 is 19.0. The third kappa shape index (κ3) is 3.09. The molecule has 2 aromatic rings. The number of halogens is 1. The Hall–Kier alpha value is -2.37. The number of hydrogen-bond donors (Lipinski definition) is 1. The van der Waals surface area contributed by atoms with Crippen molar-refractivity contribution in [1.29, 1.82) is 0 Å². The normalized spacial score (nSPS) is 9.47. The van der Waals surface area contributed by atoms with Crippen molar-refractivity contribution in [2.24, 2.45) is 0 Å². The fraction of sp³-hybridized carbons (Fsp3) is 0.231. The zero-order valence-electron chi connectivity index (χ0n) is 10.9. The number of carbonyl (C=O) groups is 1. The van der Waals surface area contributed by atoms with Crippen LogP contribution in [0.3, 0.4) is 0 Å². The number of carboxylic acid groups (broad SMARTS) is 1. The number of rotatable bonds is 3. The third-order valence-electron chi connectivity index (χ3n) is 2.22. The first kappa shape index (κ1) is 14.7. The third-order valence-corrected chi connectivity index (χ3v) is 2.22. The van der Waals surface area contributed by atoms with E-state index in [9.17, 15) is 9.18 Å². The van der Waals surface area contributed by atoms with Gasteiger partial charge in [-0.2, -0.15) is 5.10 Å². The van der Waals surface area contributed by atoms with Gasteiger partial charge < -0.3 is 9.84 Å². The van der Waals surface area contributed by atoms with E-state index in [1.165, 1.54) is 42.3 Å². The van der Waals surface area contributed by atoms with Crippen molar-refractivity contribution in [3.63, 3.8) is 0 Å². The van der Waals surface area contributed by atoms with Crippen molar-refractivity contribution in [3.8, 4) is 11.6 Å². The van der Waals surface area contributed by atoms with Crippen LogP contribution in [0.4, 0.5) is 4.39 Å². The molecule has 1 aromatic carbocycles. The highest BCUT2D eigenvalue weighted by Crippen LogP contribution is 2.22. The minimum absolute atomic E-state index is 0.0446. The number of carboxylic acids is 1. The van der Waals surface area contributed by atoms with Crippen LogP contribution in [-0.4, -0.2) is 28.0 Å². The average Bonchev–Trinajstić information content (AvgIpc) is 2.86. The van der Waals surface area contributed by atoms with Crippen molar-refractivity contribution in [2.75, 3.05) is 7.11 Å². The van der Waals surface area contributed by atoms with Crippen LogP contribution in [-0.2, 0) is 0 Å². The monoisotopic (exact) mass is 266 g/mol.